The molecular weight excluding hydrogens is 523 g/mol. The number of carbonyl (C=O) groups excluding carboxylic acids is 1. The summed E-state index contributed by atoms with van der Waals surface area (Å²) < 4.78 is 6.73. The molecule has 0 aliphatic carbocycles. The molecular formula is C25H22Cl2N4O6. The lowest BCUT2D eigenvalue weighted by Crippen LogP contribution is -2.64. The zero-order chi connectivity index (χ0) is 26.3. The Balaban J connectivity index is 1.58. The molecule has 37 heavy (non-hydrogen) atoms. The van der Waals surface area contributed by atoms with E-state index in [4.69, 9.17) is 33.0 Å². The van der Waals surface area contributed by atoms with Gasteiger partial charge in [0.1, 0.15) is 30.0 Å². The number of amides is 1. The zero-order valence-electron chi connectivity index (χ0n) is 19.1. The Kier molecular flexibility index (Phi) is 7.15. The summed E-state index contributed by atoms with van der Waals surface area (Å²) in [5.41, 5.74) is 2.24. The first-order valence-corrected chi connectivity index (χ1v) is 12.1. The lowest BCUT2D eigenvalue weighted by Gasteiger charge is -2.40. The quantitative estimate of drug-likeness (QED) is 0.255. The number of benzene rings is 2. The van der Waals surface area contributed by atoms with Crippen LogP contribution < -0.4 is 5.32 Å². The van der Waals surface area contributed by atoms with Gasteiger partial charge in [-0.3, -0.25) is 4.79 Å². The highest BCUT2D eigenvalue weighted by molar-refractivity contribution is 6.39. The highest BCUT2D eigenvalue weighted by Gasteiger charge is 2.44. The molecule has 12 heteroatoms. The number of hydrogen-bond donors (Lipinski definition) is 5. The molecule has 2 aromatic carbocycles. The fourth-order valence-electron chi connectivity index (χ4n) is 4.25. The Labute approximate surface area is 220 Å². The zero-order valence-corrected chi connectivity index (χ0v) is 20.6. The van der Waals surface area contributed by atoms with Gasteiger partial charge in [0.2, 0.25) is 0 Å². The molecule has 5 atom stereocenters. The Morgan fingerprint density at radius 2 is 1.73 bits per heavy atom. The molecule has 1 saturated heterocycles. The Hall–Kier alpha value is -3.09. The predicted octanol–water partition coefficient (Wildman–Crippen LogP) is 1.92. The number of aliphatic hydroxyl groups is 4. The molecule has 10 nitrogen and oxygen atoms in total. The Morgan fingerprint density at radius 1 is 1.03 bits per heavy atom. The average Bonchev–Trinajstić information content (AvgIpc) is 3.30. The molecule has 5 N–H and O–H groups in total. The van der Waals surface area contributed by atoms with Crippen LogP contribution in [0.15, 0.2) is 60.8 Å². The summed E-state index contributed by atoms with van der Waals surface area (Å²) >= 11 is 12.8. The van der Waals surface area contributed by atoms with Gasteiger partial charge in [0.05, 0.1) is 28.3 Å². The van der Waals surface area contributed by atoms with Crippen LogP contribution in [0.3, 0.4) is 0 Å². The highest BCUT2D eigenvalue weighted by Crippen LogP contribution is 2.36. The second-order valence-electron chi connectivity index (χ2n) is 8.52. The SMILES string of the molecule is O=C(N[C@H]1[C@H](O)[C@@H](O)[C@H](CO)O[C@H]1O)c1cnc2c(c(-c3ccc(Cl)cc3)nn2-c2ccccc2)c1Cl. The number of hydrogen-bond acceptors (Lipinski definition) is 8. The van der Waals surface area contributed by atoms with Crippen molar-refractivity contribution in [3.8, 4) is 16.9 Å². The molecule has 1 aliphatic heterocycles. The van der Waals surface area contributed by atoms with E-state index in [1.54, 1.807) is 28.9 Å². The van der Waals surface area contributed by atoms with Crippen molar-refractivity contribution in [1.29, 1.82) is 0 Å². The molecule has 4 aromatic rings. The predicted molar refractivity (Wildman–Crippen MR) is 136 cm³/mol. The first kappa shape index (κ1) is 25.6. The summed E-state index contributed by atoms with van der Waals surface area (Å²) in [7, 11) is 0. The summed E-state index contributed by atoms with van der Waals surface area (Å²) in [6, 6.07) is 14.9. The Morgan fingerprint density at radius 3 is 2.41 bits per heavy atom. The van der Waals surface area contributed by atoms with Gasteiger partial charge in [0.25, 0.3) is 5.91 Å². The van der Waals surface area contributed by atoms with Gasteiger partial charge in [-0.05, 0) is 24.3 Å². The van der Waals surface area contributed by atoms with Crippen LogP contribution >= 0.6 is 23.2 Å². The second kappa shape index (κ2) is 10.3. The number of rotatable bonds is 5. The fourth-order valence-corrected chi connectivity index (χ4v) is 4.68. The van der Waals surface area contributed by atoms with Crippen molar-refractivity contribution in [2.75, 3.05) is 6.61 Å². The minimum atomic E-state index is -1.68. The number of aliphatic hydroxyl groups excluding tert-OH is 4. The lowest BCUT2D eigenvalue weighted by molar-refractivity contribution is -0.252. The number of nitrogens with zero attached hydrogens (tertiary/aromatic N) is 3. The van der Waals surface area contributed by atoms with E-state index in [2.05, 4.69) is 10.3 Å². The Bertz CT molecular complexity index is 1430. The summed E-state index contributed by atoms with van der Waals surface area (Å²) in [6.45, 7) is -0.624. The van der Waals surface area contributed by atoms with Gasteiger partial charge in [-0.1, -0.05) is 53.5 Å². The first-order valence-electron chi connectivity index (χ1n) is 11.3. The maximum atomic E-state index is 13.2. The summed E-state index contributed by atoms with van der Waals surface area (Å²) in [6.07, 6.45) is -4.76. The first-order chi connectivity index (χ1) is 17.8. The third kappa shape index (κ3) is 4.69. The number of ether oxygens (including phenoxy) is 1. The van der Waals surface area contributed by atoms with Crippen molar-refractivity contribution < 1.29 is 30.0 Å². The van der Waals surface area contributed by atoms with E-state index in [1.807, 2.05) is 30.3 Å². The highest BCUT2D eigenvalue weighted by atomic mass is 35.5. The van der Waals surface area contributed by atoms with E-state index in [-0.39, 0.29) is 10.6 Å². The summed E-state index contributed by atoms with van der Waals surface area (Å²) in [5.74, 6) is -0.768. The van der Waals surface area contributed by atoms with Crippen molar-refractivity contribution in [2.45, 2.75) is 30.6 Å². The van der Waals surface area contributed by atoms with Crippen LogP contribution in [0.2, 0.25) is 10.0 Å². The van der Waals surface area contributed by atoms with Gasteiger partial charge in [0, 0.05) is 16.8 Å². The third-order valence-corrected chi connectivity index (χ3v) is 6.84. The average molecular weight is 545 g/mol. The fraction of sp³-hybridized carbons (Fsp3) is 0.240. The topological polar surface area (TPSA) is 150 Å². The monoisotopic (exact) mass is 544 g/mol. The van der Waals surface area contributed by atoms with Crippen molar-refractivity contribution in [1.82, 2.24) is 20.1 Å². The smallest absolute Gasteiger partial charge is 0.254 e. The number of carbonyl (C=O) groups is 1. The molecule has 0 bridgehead atoms. The van der Waals surface area contributed by atoms with E-state index in [1.165, 1.54) is 6.20 Å². The normalized spacial score (nSPS) is 23.8. The molecule has 0 saturated carbocycles. The number of halogens is 2. The van der Waals surface area contributed by atoms with Crippen LogP contribution in [0.4, 0.5) is 0 Å². The maximum Gasteiger partial charge on any atom is 0.254 e. The van der Waals surface area contributed by atoms with Crippen molar-refractivity contribution in [3.05, 3.63) is 76.4 Å². The number of nitrogens with one attached hydrogen (secondary N) is 1. The molecule has 0 radical (unpaired) electrons. The number of fused-ring (bicyclic) bond motifs is 1. The van der Waals surface area contributed by atoms with Crippen molar-refractivity contribution in [3.63, 3.8) is 0 Å². The number of aromatic nitrogens is 3. The van der Waals surface area contributed by atoms with Gasteiger partial charge < -0.3 is 30.5 Å². The maximum absolute atomic E-state index is 13.2. The van der Waals surface area contributed by atoms with Crippen LogP contribution in [0.5, 0.6) is 0 Å². The standard InChI is InChI=1S/C25H22Cl2N4O6/c26-13-8-6-12(7-9-13)19-17-18(27)15(10-28-23(17)31(30-19)14-4-2-1-3-5-14)24(35)29-20-22(34)21(33)16(11-32)37-25(20)36/h1-10,16,20-22,25,32-34,36H,11H2,(H,29,35)/t16-,20-,21-,22-,25+/m0/s1. The van der Waals surface area contributed by atoms with Gasteiger partial charge in [-0.25, -0.2) is 9.67 Å². The van der Waals surface area contributed by atoms with E-state index < -0.39 is 43.2 Å². The molecule has 1 amide bonds. The van der Waals surface area contributed by atoms with E-state index in [0.29, 0.717) is 27.3 Å². The van der Waals surface area contributed by atoms with E-state index >= 15 is 0 Å². The van der Waals surface area contributed by atoms with Crippen LogP contribution in [0, 0.1) is 0 Å². The molecule has 0 spiro atoms. The van der Waals surface area contributed by atoms with E-state index in [0.717, 1.165) is 5.69 Å². The molecule has 1 aliphatic rings. The van der Waals surface area contributed by atoms with Crippen LogP contribution in [0.1, 0.15) is 10.4 Å². The van der Waals surface area contributed by atoms with E-state index in [9.17, 15) is 25.2 Å². The molecule has 1 fully saturated rings. The largest absolute Gasteiger partial charge is 0.394 e. The third-order valence-electron chi connectivity index (χ3n) is 6.19. The molecule has 5 rings (SSSR count). The van der Waals surface area contributed by atoms with Crippen LogP contribution in [-0.4, -0.2) is 78.3 Å². The van der Waals surface area contributed by atoms with Crippen LogP contribution in [0.25, 0.3) is 28.0 Å². The summed E-state index contributed by atoms with van der Waals surface area (Å²) in [5, 5.41) is 48.2. The minimum Gasteiger partial charge on any atom is -0.394 e. The minimum absolute atomic E-state index is 0.0455. The second-order valence-corrected chi connectivity index (χ2v) is 9.33. The van der Waals surface area contributed by atoms with Gasteiger partial charge in [-0.2, -0.15) is 5.10 Å². The van der Waals surface area contributed by atoms with Gasteiger partial charge in [0.15, 0.2) is 11.9 Å². The van der Waals surface area contributed by atoms with Crippen LogP contribution in [-0.2, 0) is 4.74 Å². The van der Waals surface area contributed by atoms with Crippen molar-refractivity contribution >= 4 is 40.1 Å². The van der Waals surface area contributed by atoms with Gasteiger partial charge in [-0.15, -0.1) is 0 Å². The number of pyridine rings is 1. The molecule has 3 heterocycles. The molecule has 2 aromatic heterocycles. The number of para-hydroxylation sites is 1. The molecule has 192 valence electrons. The van der Waals surface area contributed by atoms with Gasteiger partial charge >= 0.3 is 0 Å². The lowest BCUT2D eigenvalue weighted by atomic mass is 9.97. The summed E-state index contributed by atoms with van der Waals surface area (Å²) in [4.78, 5) is 17.7. The van der Waals surface area contributed by atoms with Crippen molar-refractivity contribution in [2.24, 2.45) is 0 Å². The molecule has 0 unspecified atom stereocenters.